The fraction of sp³-hybridized carbons (Fsp3) is 0. The summed E-state index contributed by atoms with van der Waals surface area (Å²) in [6.45, 7) is 13.5. The summed E-state index contributed by atoms with van der Waals surface area (Å²) in [6, 6.07) is 9.30. The minimum atomic E-state index is 0. The number of rotatable bonds is 2. The first-order valence-electron chi connectivity index (χ1n) is 6.47. The van der Waals surface area contributed by atoms with Crippen LogP contribution in [0.1, 0.15) is 10.4 Å². The predicted molar refractivity (Wildman–Crippen MR) is 84.5 cm³/mol. The average molecular weight is 426 g/mol. The van der Waals surface area contributed by atoms with E-state index < -0.39 is 0 Å². The van der Waals surface area contributed by atoms with E-state index >= 15 is 0 Å². The van der Waals surface area contributed by atoms with E-state index in [1.165, 1.54) is 0 Å². The predicted octanol–water partition coefficient (Wildman–Crippen LogP) is 3.18. The number of hydrogen-bond acceptors (Lipinski definition) is 1. The van der Waals surface area contributed by atoms with E-state index in [4.69, 9.17) is 14.0 Å². The maximum Gasteiger partial charge on any atom is 2.00 e. The molecule has 3 rings (SSSR count). The van der Waals surface area contributed by atoms with E-state index in [1.807, 2.05) is 88.1 Å². The van der Waals surface area contributed by atoms with Crippen LogP contribution in [0.25, 0.3) is 0 Å². The molecule has 0 atom stereocenters. The van der Waals surface area contributed by atoms with Crippen molar-refractivity contribution < 1.29 is 53.2 Å². The van der Waals surface area contributed by atoms with Gasteiger partial charge in [-0.2, -0.15) is 0 Å². The van der Waals surface area contributed by atoms with Crippen molar-refractivity contribution in [3.63, 3.8) is 0 Å². The minimum Gasteiger partial charge on any atom is -0.0312 e. The third-order valence-electron chi connectivity index (χ3n) is 2.52. The van der Waals surface area contributed by atoms with Crippen molar-refractivity contribution in [3.05, 3.63) is 120 Å². The molecule has 0 heterocycles. The summed E-state index contributed by atoms with van der Waals surface area (Å²) in [7, 11) is 0. The van der Waals surface area contributed by atoms with Crippen molar-refractivity contribution in [2.45, 2.75) is 0 Å². The molecule has 4 nitrogen and oxygen atoms in total. The first-order valence-corrected chi connectivity index (χ1v) is 6.47. The molecule has 0 spiro atoms. The molecule has 0 amide bonds. The van der Waals surface area contributed by atoms with Crippen LogP contribution in [0.5, 0.6) is 0 Å². The number of carbonyl (C=O) groups is 1. The van der Waals surface area contributed by atoms with E-state index in [2.05, 4.69) is 20.0 Å². The summed E-state index contributed by atoms with van der Waals surface area (Å²) in [5, 5.41) is 0. The minimum absolute atomic E-state index is 0. The summed E-state index contributed by atoms with van der Waals surface area (Å²) in [6.07, 6.45) is 17.4. The standard InChI is InChI=1S/C12H9O.C5H5.3CO.Cr.Fe/c13-12(11-8-4-5-9-11)10-6-2-1-3-7-10;1-2-4-5-3-1;3*1-2;;/h1-9H;1-5H;;;;;/q;;;;;;+2. The fourth-order valence-electron chi connectivity index (χ4n) is 1.60. The zero-order valence-corrected chi connectivity index (χ0v) is 15.9. The van der Waals surface area contributed by atoms with Gasteiger partial charge >= 0.3 is 51.0 Å². The van der Waals surface area contributed by atoms with Gasteiger partial charge in [-0.3, -0.25) is 4.79 Å². The van der Waals surface area contributed by atoms with Crippen LogP contribution in [0.15, 0.2) is 30.3 Å². The van der Waals surface area contributed by atoms with Gasteiger partial charge in [0.25, 0.3) is 0 Å². The summed E-state index contributed by atoms with van der Waals surface area (Å²) < 4.78 is 22.5. The monoisotopic (exact) mass is 426 g/mol. The maximum atomic E-state index is 11.7. The molecule has 6 heteroatoms. The number of benzene rings is 1. The van der Waals surface area contributed by atoms with Gasteiger partial charge in [0.05, 0.1) is 5.92 Å². The zero-order valence-electron chi connectivity index (χ0n) is 13.5. The normalized spacial score (nSPS) is 13.6. The topological polar surface area (TPSA) is 76.8 Å². The molecule has 0 aromatic heterocycles. The Labute approximate surface area is 178 Å². The summed E-state index contributed by atoms with van der Waals surface area (Å²) in [5.41, 5.74) is 0.744. The molecule has 10 radical (unpaired) electrons. The summed E-state index contributed by atoms with van der Waals surface area (Å²) >= 11 is 0. The van der Waals surface area contributed by atoms with Crippen LogP contribution in [0.2, 0.25) is 0 Å². The van der Waals surface area contributed by atoms with Crippen molar-refractivity contribution in [1.29, 1.82) is 0 Å². The molecule has 2 saturated carbocycles. The average Bonchev–Trinajstić information content (AvgIpc) is 3.43. The molecule has 26 heavy (non-hydrogen) atoms. The first-order chi connectivity index (χ1) is 11.9. The molecule has 2 aliphatic rings. The molecular weight excluding hydrogens is 412 g/mol. The Morgan fingerprint density at radius 3 is 1.35 bits per heavy atom. The van der Waals surface area contributed by atoms with E-state index in [9.17, 15) is 4.79 Å². The van der Waals surface area contributed by atoms with Gasteiger partial charge in [-0.05, 0) is 57.8 Å². The summed E-state index contributed by atoms with van der Waals surface area (Å²) in [4.78, 5) is 11.7. The number of Topliss-reactive ketones (excluding diaryl/α,β-unsaturated/α-hetero) is 1. The van der Waals surface area contributed by atoms with Crippen LogP contribution in [-0.4, -0.2) is 5.78 Å². The molecule has 2 aliphatic carbocycles. The molecule has 1 aromatic rings. The molecule has 0 aliphatic heterocycles. The Hall–Kier alpha value is -0.838. The van der Waals surface area contributed by atoms with Crippen LogP contribution < -0.4 is 0 Å². The van der Waals surface area contributed by atoms with Crippen LogP contribution >= 0.6 is 0 Å². The molecule has 2 fully saturated rings. The van der Waals surface area contributed by atoms with Gasteiger partial charge in [-0.25, -0.2) is 0 Å². The van der Waals surface area contributed by atoms with Crippen LogP contribution in [0.4, 0.5) is 0 Å². The van der Waals surface area contributed by atoms with Gasteiger partial charge in [0.1, 0.15) is 0 Å². The number of ketones is 1. The smallest absolute Gasteiger partial charge is 0.0312 e. The molecule has 0 N–H and O–H groups in total. The fourth-order valence-corrected chi connectivity index (χ4v) is 1.60. The summed E-state index contributed by atoms with van der Waals surface area (Å²) in [5.74, 6) is 0.844. The Bertz CT molecular complexity index is 454. The Kier molecular flexibility index (Phi) is 33.3. The van der Waals surface area contributed by atoms with Gasteiger partial charge in [-0.15, -0.1) is 0 Å². The molecule has 0 saturated heterocycles. The van der Waals surface area contributed by atoms with Gasteiger partial charge in [0.15, 0.2) is 5.78 Å². The van der Waals surface area contributed by atoms with E-state index in [0.717, 1.165) is 11.5 Å². The molecule has 1 aromatic carbocycles. The van der Waals surface area contributed by atoms with Gasteiger partial charge in [0, 0.05) is 22.9 Å². The van der Waals surface area contributed by atoms with Crippen molar-refractivity contribution in [3.8, 4) is 0 Å². The Balaban J connectivity index is -0.000000158. The van der Waals surface area contributed by atoms with Crippen molar-refractivity contribution in [1.82, 2.24) is 0 Å². The quantitative estimate of drug-likeness (QED) is 0.310. The van der Waals surface area contributed by atoms with E-state index in [1.54, 1.807) is 0 Å². The van der Waals surface area contributed by atoms with Gasteiger partial charge in [-0.1, -0.05) is 30.3 Å². The van der Waals surface area contributed by atoms with Crippen LogP contribution in [0, 0.1) is 83.7 Å². The maximum absolute atomic E-state index is 11.7. The Morgan fingerprint density at radius 2 is 1.00 bits per heavy atom. The van der Waals surface area contributed by atoms with E-state index in [-0.39, 0.29) is 40.2 Å². The van der Waals surface area contributed by atoms with Gasteiger partial charge < -0.3 is 0 Å². The molecular formula is C20H14CrFeO4+2. The second-order valence-electron chi connectivity index (χ2n) is 3.83. The van der Waals surface area contributed by atoms with Crippen molar-refractivity contribution >= 4 is 5.78 Å². The Morgan fingerprint density at radius 1 is 0.654 bits per heavy atom. The molecule has 130 valence electrons. The number of hydrogen-bond donors (Lipinski definition) is 0. The largest absolute Gasteiger partial charge is 2.00 e. The molecule has 0 unspecified atom stereocenters. The van der Waals surface area contributed by atoms with Crippen molar-refractivity contribution in [2.24, 2.45) is 0 Å². The molecule has 0 bridgehead atoms. The second-order valence-corrected chi connectivity index (χ2v) is 3.83. The van der Waals surface area contributed by atoms with Crippen molar-refractivity contribution in [2.75, 3.05) is 0 Å². The second kappa shape index (κ2) is 26.4. The SMILES string of the molecule is O=C([C]1[CH][CH][CH][CH]1)c1ccccc1.[C-]#[O+].[C-]#[O+].[C-]#[O+].[CH]1[CH][CH][CH][CH]1.[Cr].[Fe+2]. The van der Waals surface area contributed by atoms with Crippen LogP contribution in [0.3, 0.4) is 0 Å². The first kappa shape index (κ1) is 32.8. The third kappa shape index (κ3) is 15.4. The van der Waals surface area contributed by atoms with Crippen LogP contribution in [-0.2, 0) is 48.4 Å². The third-order valence-corrected chi connectivity index (χ3v) is 2.52. The van der Waals surface area contributed by atoms with Gasteiger partial charge in [0.2, 0.25) is 0 Å². The van der Waals surface area contributed by atoms with E-state index in [0.29, 0.717) is 0 Å². The number of carbonyl (C=O) groups excluding carboxylic acids is 1. The zero-order chi connectivity index (χ0) is 18.6.